The van der Waals surface area contributed by atoms with Crippen LogP contribution in [0.3, 0.4) is 0 Å². The topological polar surface area (TPSA) is 67.3 Å². The van der Waals surface area contributed by atoms with Gasteiger partial charge in [-0.25, -0.2) is 13.4 Å². The molecular weight excluding hydrogens is 392 g/mol. The zero-order chi connectivity index (χ0) is 19.7. The molecule has 0 N–H and O–H groups in total. The number of carbonyl (C=O) groups is 1. The molecule has 146 valence electrons. The van der Waals surface area contributed by atoms with Crippen molar-refractivity contribution in [1.29, 1.82) is 0 Å². The third-order valence-corrected chi connectivity index (χ3v) is 7.74. The lowest BCUT2D eigenvalue weighted by atomic mass is 10.0. The number of amides is 1. The maximum absolute atomic E-state index is 13.6. The van der Waals surface area contributed by atoms with Crippen molar-refractivity contribution in [2.24, 2.45) is 0 Å². The van der Waals surface area contributed by atoms with E-state index in [2.05, 4.69) is 0 Å². The molecule has 1 amide bonds. The Morgan fingerprint density at radius 2 is 2.07 bits per heavy atom. The average molecular weight is 415 g/mol. The predicted octanol–water partition coefficient (Wildman–Crippen LogP) is 4.00. The van der Waals surface area contributed by atoms with Gasteiger partial charge >= 0.3 is 0 Å². The van der Waals surface area contributed by atoms with E-state index in [1.807, 2.05) is 54.8 Å². The summed E-state index contributed by atoms with van der Waals surface area (Å²) in [6.45, 7) is 2.55. The fourth-order valence-electron chi connectivity index (χ4n) is 3.77. The number of nitrogens with zero attached hydrogens (tertiary/aromatic N) is 2. The number of hydrogen-bond acceptors (Lipinski definition) is 5. The van der Waals surface area contributed by atoms with Crippen LogP contribution in [0.1, 0.15) is 30.1 Å². The molecule has 2 aromatic heterocycles. The van der Waals surface area contributed by atoms with Crippen molar-refractivity contribution in [2.45, 2.75) is 25.8 Å². The molecule has 0 aliphatic carbocycles. The Morgan fingerprint density at radius 3 is 2.75 bits per heavy atom. The van der Waals surface area contributed by atoms with E-state index >= 15 is 0 Å². The summed E-state index contributed by atoms with van der Waals surface area (Å²) < 4.78 is 24.0. The van der Waals surface area contributed by atoms with E-state index in [1.54, 1.807) is 16.2 Å². The lowest BCUT2D eigenvalue weighted by molar-refractivity contribution is 0.0699. The van der Waals surface area contributed by atoms with Gasteiger partial charge in [0.2, 0.25) is 0 Å². The minimum Gasteiger partial charge on any atom is -0.335 e. The standard InChI is InChI=1S/C21H22N2O3S2/c1-2-10-23(15-9-12-28(25,26)14-15)21(24)17-13-19(20-8-5-11-27-20)22-18-7-4-3-6-16(17)18/h3-8,11,13,15H,2,9-10,12,14H2,1H3. The maximum atomic E-state index is 13.6. The van der Waals surface area contributed by atoms with Gasteiger partial charge in [0.1, 0.15) is 0 Å². The zero-order valence-corrected chi connectivity index (χ0v) is 17.3. The number of para-hydroxylation sites is 1. The van der Waals surface area contributed by atoms with E-state index in [-0.39, 0.29) is 23.5 Å². The fourth-order valence-corrected chi connectivity index (χ4v) is 6.19. The number of sulfone groups is 1. The van der Waals surface area contributed by atoms with Crippen LogP contribution in [-0.4, -0.2) is 48.3 Å². The van der Waals surface area contributed by atoms with Gasteiger partial charge < -0.3 is 4.90 Å². The second-order valence-corrected chi connectivity index (χ2v) is 10.3. The SMILES string of the molecule is CCCN(C(=O)c1cc(-c2cccs2)nc2ccccc12)C1CCS(=O)(=O)C1. The Hall–Kier alpha value is -2.25. The van der Waals surface area contributed by atoms with Crippen molar-refractivity contribution in [3.63, 3.8) is 0 Å². The predicted molar refractivity (Wildman–Crippen MR) is 113 cm³/mol. The normalized spacial score (nSPS) is 18.4. The molecular formula is C21H22N2O3S2. The van der Waals surface area contributed by atoms with E-state index in [1.165, 1.54) is 0 Å². The summed E-state index contributed by atoms with van der Waals surface area (Å²) in [6, 6.07) is 13.2. The molecule has 1 atom stereocenters. The molecule has 5 nitrogen and oxygen atoms in total. The van der Waals surface area contributed by atoms with Crippen molar-refractivity contribution in [1.82, 2.24) is 9.88 Å². The highest BCUT2D eigenvalue weighted by atomic mass is 32.2. The Labute approximate surface area is 168 Å². The van der Waals surface area contributed by atoms with Crippen molar-refractivity contribution in [3.05, 3.63) is 53.4 Å². The molecule has 4 rings (SSSR count). The lowest BCUT2D eigenvalue weighted by Crippen LogP contribution is -2.41. The number of benzene rings is 1. The van der Waals surface area contributed by atoms with Crippen LogP contribution in [-0.2, 0) is 9.84 Å². The molecule has 0 bridgehead atoms. The van der Waals surface area contributed by atoms with Gasteiger partial charge in [-0.15, -0.1) is 11.3 Å². The Balaban J connectivity index is 1.80. The smallest absolute Gasteiger partial charge is 0.254 e. The number of fused-ring (bicyclic) bond motifs is 1. The first kappa shape index (κ1) is 19.1. The van der Waals surface area contributed by atoms with Gasteiger partial charge in [-0.3, -0.25) is 4.79 Å². The van der Waals surface area contributed by atoms with Gasteiger partial charge in [-0.05, 0) is 36.4 Å². The maximum Gasteiger partial charge on any atom is 0.254 e. The van der Waals surface area contributed by atoms with E-state index in [0.29, 0.717) is 18.5 Å². The molecule has 3 heterocycles. The molecule has 0 spiro atoms. The van der Waals surface area contributed by atoms with Gasteiger partial charge in [0.25, 0.3) is 5.91 Å². The van der Waals surface area contributed by atoms with E-state index in [0.717, 1.165) is 27.9 Å². The summed E-state index contributed by atoms with van der Waals surface area (Å²) in [6.07, 6.45) is 1.29. The minimum atomic E-state index is -3.07. The van der Waals surface area contributed by atoms with Gasteiger partial charge in [0.05, 0.1) is 33.2 Å². The summed E-state index contributed by atoms with van der Waals surface area (Å²) in [7, 11) is -3.07. The third-order valence-electron chi connectivity index (χ3n) is 5.09. The summed E-state index contributed by atoms with van der Waals surface area (Å²) in [4.78, 5) is 21.1. The number of thiophene rings is 1. The molecule has 1 aliphatic heterocycles. The highest BCUT2D eigenvalue weighted by molar-refractivity contribution is 7.91. The number of hydrogen-bond donors (Lipinski definition) is 0. The second kappa shape index (κ2) is 7.64. The summed E-state index contributed by atoms with van der Waals surface area (Å²) in [5.74, 6) is 0.0998. The van der Waals surface area contributed by atoms with Crippen molar-refractivity contribution in [3.8, 4) is 10.6 Å². The summed E-state index contributed by atoms with van der Waals surface area (Å²) >= 11 is 1.58. The molecule has 1 aliphatic rings. The largest absolute Gasteiger partial charge is 0.335 e. The van der Waals surface area contributed by atoms with Gasteiger partial charge in [0, 0.05) is 18.0 Å². The Bertz CT molecular complexity index is 1110. The third kappa shape index (κ3) is 3.69. The molecule has 1 aromatic carbocycles. The first-order valence-electron chi connectivity index (χ1n) is 9.43. The molecule has 1 unspecified atom stereocenters. The molecule has 28 heavy (non-hydrogen) atoms. The number of pyridine rings is 1. The number of rotatable bonds is 5. The summed E-state index contributed by atoms with van der Waals surface area (Å²) in [5.41, 5.74) is 2.13. The highest BCUT2D eigenvalue weighted by Gasteiger charge is 2.35. The van der Waals surface area contributed by atoms with Gasteiger partial charge in [-0.1, -0.05) is 31.2 Å². The number of carbonyl (C=O) groups excluding carboxylic acids is 1. The molecule has 0 radical (unpaired) electrons. The molecule has 7 heteroatoms. The molecule has 1 saturated heterocycles. The second-order valence-electron chi connectivity index (χ2n) is 7.10. The van der Waals surface area contributed by atoms with Crippen LogP contribution >= 0.6 is 11.3 Å². The fraction of sp³-hybridized carbons (Fsp3) is 0.333. The highest BCUT2D eigenvalue weighted by Crippen LogP contribution is 2.30. The first-order valence-corrected chi connectivity index (χ1v) is 12.1. The Morgan fingerprint density at radius 1 is 1.25 bits per heavy atom. The monoisotopic (exact) mass is 414 g/mol. The van der Waals surface area contributed by atoms with Crippen LogP contribution in [0.15, 0.2) is 47.8 Å². The average Bonchev–Trinajstić information content (AvgIpc) is 3.34. The van der Waals surface area contributed by atoms with Crippen LogP contribution in [0.4, 0.5) is 0 Å². The van der Waals surface area contributed by atoms with Gasteiger partial charge in [-0.2, -0.15) is 0 Å². The van der Waals surface area contributed by atoms with Crippen LogP contribution in [0.5, 0.6) is 0 Å². The van der Waals surface area contributed by atoms with E-state index in [4.69, 9.17) is 4.98 Å². The van der Waals surface area contributed by atoms with E-state index < -0.39 is 9.84 Å². The van der Waals surface area contributed by atoms with E-state index in [9.17, 15) is 13.2 Å². The van der Waals surface area contributed by atoms with Crippen molar-refractivity contribution < 1.29 is 13.2 Å². The van der Waals surface area contributed by atoms with Crippen molar-refractivity contribution in [2.75, 3.05) is 18.1 Å². The van der Waals surface area contributed by atoms with Crippen LogP contribution in [0.2, 0.25) is 0 Å². The quantitative estimate of drug-likeness (QED) is 0.633. The van der Waals surface area contributed by atoms with Crippen LogP contribution in [0, 0.1) is 0 Å². The zero-order valence-electron chi connectivity index (χ0n) is 15.7. The lowest BCUT2D eigenvalue weighted by Gasteiger charge is -2.28. The molecule has 3 aromatic rings. The first-order chi connectivity index (χ1) is 13.5. The van der Waals surface area contributed by atoms with Crippen molar-refractivity contribution >= 4 is 38.0 Å². The minimum absolute atomic E-state index is 0.0551. The van der Waals surface area contributed by atoms with Crippen LogP contribution < -0.4 is 0 Å². The van der Waals surface area contributed by atoms with Gasteiger partial charge in [0.15, 0.2) is 9.84 Å². The molecule has 1 fully saturated rings. The summed E-state index contributed by atoms with van der Waals surface area (Å²) in [5, 5.41) is 2.79. The molecule has 0 saturated carbocycles. The number of aromatic nitrogens is 1. The van der Waals surface area contributed by atoms with Crippen LogP contribution in [0.25, 0.3) is 21.5 Å². The Kier molecular flexibility index (Phi) is 5.21.